The first-order valence-corrected chi connectivity index (χ1v) is 8.03. The molecular weight excluding hydrogens is 278 g/mol. The van der Waals surface area contributed by atoms with Gasteiger partial charge in [0.25, 0.3) is 0 Å². The third kappa shape index (κ3) is 2.48. The summed E-state index contributed by atoms with van der Waals surface area (Å²) in [5.74, 6) is 1.45. The minimum absolute atomic E-state index is 0.0943. The molecule has 116 valence electrons. The van der Waals surface area contributed by atoms with Crippen LogP contribution in [0.5, 0.6) is 0 Å². The van der Waals surface area contributed by atoms with Gasteiger partial charge in [-0.25, -0.2) is 10.4 Å². The van der Waals surface area contributed by atoms with E-state index in [9.17, 15) is 4.79 Å². The fraction of sp³-hybridized carbons (Fsp3) is 0.500. The number of H-pyrrole nitrogens is 1. The normalized spacial score (nSPS) is 27.2. The number of nitrogens with one attached hydrogen (secondary N) is 4. The van der Waals surface area contributed by atoms with Crippen LogP contribution >= 0.6 is 0 Å². The fourth-order valence-electron chi connectivity index (χ4n) is 3.67. The molecule has 2 heterocycles. The molecule has 22 heavy (non-hydrogen) atoms. The van der Waals surface area contributed by atoms with Crippen molar-refractivity contribution in [1.29, 1.82) is 0 Å². The maximum Gasteiger partial charge on any atom is 0.238 e. The van der Waals surface area contributed by atoms with Crippen LogP contribution in [0.15, 0.2) is 24.3 Å². The Morgan fingerprint density at radius 2 is 2.18 bits per heavy atom. The summed E-state index contributed by atoms with van der Waals surface area (Å²) >= 11 is 0. The number of amides is 1. The molecule has 3 unspecified atom stereocenters. The topological polar surface area (TPSA) is 81.8 Å². The number of nitrogens with zero attached hydrogens (tertiary/aromatic N) is 1. The quantitative estimate of drug-likeness (QED) is 0.675. The zero-order chi connectivity index (χ0) is 14.9. The monoisotopic (exact) mass is 299 g/mol. The summed E-state index contributed by atoms with van der Waals surface area (Å²) in [6, 6.07) is 8.34. The molecule has 1 saturated carbocycles. The number of aromatic nitrogens is 2. The van der Waals surface area contributed by atoms with Crippen LogP contribution in [0.4, 0.5) is 0 Å². The highest BCUT2D eigenvalue weighted by atomic mass is 16.2. The molecule has 1 amide bonds. The fourth-order valence-corrected chi connectivity index (χ4v) is 3.67. The SMILES string of the molecule is O=C(NCCc1nc2ccccc2[nH]1)C1NNC2CCCC21. The molecule has 1 aromatic heterocycles. The maximum absolute atomic E-state index is 12.3. The molecule has 2 fully saturated rings. The lowest BCUT2D eigenvalue weighted by Crippen LogP contribution is -2.46. The van der Waals surface area contributed by atoms with Gasteiger partial charge in [0.05, 0.1) is 11.0 Å². The third-order valence-corrected chi connectivity index (χ3v) is 4.80. The van der Waals surface area contributed by atoms with E-state index in [1.165, 1.54) is 12.8 Å². The van der Waals surface area contributed by atoms with Gasteiger partial charge in [-0.15, -0.1) is 0 Å². The molecule has 1 saturated heterocycles. The number of hydrogen-bond donors (Lipinski definition) is 4. The zero-order valence-electron chi connectivity index (χ0n) is 12.4. The van der Waals surface area contributed by atoms with Crippen LogP contribution < -0.4 is 16.2 Å². The van der Waals surface area contributed by atoms with Gasteiger partial charge in [0.1, 0.15) is 11.9 Å². The summed E-state index contributed by atoms with van der Waals surface area (Å²) < 4.78 is 0. The number of rotatable bonds is 4. The Morgan fingerprint density at radius 3 is 3.09 bits per heavy atom. The summed E-state index contributed by atoms with van der Waals surface area (Å²) in [5.41, 5.74) is 8.40. The van der Waals surface area contributed by atoms with E-state index in [2.05, 4.69) is 26.1 Å². The number of fused-ring (bicyclic) bond motifs is 2. The average Bonchev–Trinajstić information content (AvgIpc) is 3.21. The van der Waals surface area contributed by atoms with E-state index >= 15 is 0 Å². The van der Waals surface area contributed by atoms with Gasteiger partial charge in [-0.1, -0.05) is 18.6 Å². The van der Waals surface area contributed by atoms with E-state index in [4.69, 9.17) is 0 Å². The summed E-state index contributed by atoms with van der Waals surface area (Å²) in [5, 5.41) is 3.03. The van der Waals surface area contributed by atoms with Crippen molar-refractivity contribution in [2.75, 3.05) is 6.54 Å². The Hall–Kier alpha value is -1.92. The van der Waals surface area contributed by atoms with E-state index in [1.54, 1.807) is 0 Å². The van der Waals surface area contributed by atoms with Crippen LogP contribution in [0.1, 0.15) is 25.1 Å². The molecule has 6 heteroatoms. The van der Waals surface area contributed by atoms with Gasteiger partial charge < -0.3 is 10.3 Å². The number of aromatic amines is 1. The first-order chi connectivity index (χ1) is 10.8. The predicted molar refractivity (Wildman–Crippen MR) is 84.0 cm³/mol. The Balaban J connectivity index is 1.32. The largest absolute Gasteiger partial charge is 0.354 e. The van der Waals surface area contributed by atoms with Crippen LogP contribution in [0.3, 0.4) is 0 Å². The van der Waals surface area contributed by atoms with Crippen molar-refractivity contribution in [2.45, 2.75) is 37.8 Å². The van der Waals surface area contributed by atoms with Gasteiger partial charge in [-0.05, 0) is 25.0 Å². The number of benzene rings is 1. The molecular formula is C16H21N5O. The molecule has 4 N–H and O–H groups in total. The summed E-state index contributed by atoms with van der Waals surface area (Å²) in [7, 11) is 0. The van der Waals surface area contributed by atoms with Crippen molar-refractivity contribution in [1.82, 2.24) is 26.1 Å². The second kappa shape index (κ2) is 5.70. The standard InChI is InChI=1S/C16H21N5O/c22-16(15-10-4-3-7-11(10)20-21-15)17-9-8-14-18-12-5-1-2-6-13(12)19-14/h1-2,5-6,10-11,15,20-21H,3-4,7-9H2,(H,17,22)(H,18,19). The van der Waals surface area contributed by atoms with E-state index in [1.807, 2.05) is 24.3 Å². The van der Waals surface area contributed by atoms with Gasteiger partial charge in [0, 0.05) is 24.9 Å². The third-order valence-electron chi connectivity index (χ3n) is 4.80. The Bertz CT molecular complexity index is 649. The molecule has 1 aromatic carbocycles. The molecule has 1 aliphatic carbocycles. The van der Waals surface area contributed by atoms with Crippen molar-refractivity contribution >= 4 is 16.9 Å². The summed E-state index contributed by atoms with van der Waals surface area (Å²) in [6.45, 7) is 0.605. The first-order valence-electron chi connectivity index (χ1n) is 8.03. The van der Waals surface area contributed by atoms with Crippen LogP contribution in [-0.2, 0) is 11.2 Å². The Morgan fingerprint density at radius 1 is 1.27 bits per heavy atom. The highest BCUT2D eigenvalue weighted by Gasteiger charge is 2.42. The predicted octanol–water partition coefficient (Wildman–Crippen LogP) is 0.867. The van der Waals surface area contributed by atoms with Crippen LogP contribution in [0, 0.1) is 5.92 Å². The van der Waals surface area contributed by atoms with E-state index in [-0.39, 0.29) is 11.9 Å². The van der Waals surface area contributed by atoms with Crippen LogP contribution in [0.25, 0.3) is 11.0 Å². The molecule has 0 bridgehead atoms. The van der Waals surface area contributed by atoms with Crippen LogP contribution in [-0.4, -0.2) is 34.5 Å². The van der Waals surface area contributed by atoms with E-state index in [0.29, 0.717) is 24.9 Å². The second-order valence-electron chi connectivity index (χ2n) is 6.21. The molecule has 6 nitrogen and oxygen atoms in total. The van der Waals surface area contributed by atoms with Gasteiger partial charge in [-0.2, -0.15) is 0 Å². The lowest BCUT2D eigenvalue weighted by molar-refractivity contribution is -0.123. The van der Waals surface area contributed by atoms with Crippen LogP contribution in [0.2, 0.25) is 0 Å². The zero-order valence-corrected chi connectivity index (χ0v) is 12.4. The highest BCUT2D eigenvalue weighted by molar-refractivity contribution is 5.82. The summed E-state index contributed by atoms with van der Waals surface area (Å²) in [4.78, 5) is 20.1. The number of hydrazine groups is 1. The number of carbonyl (C=O) groups excluding carboxylic acids is 1. The minimum atomic E-state index is -0.0943. The lowest BCUT2D eigenvalue weighted by atomic mass is 9.97. The second-order valence-corrected chi connectivity index (χ2v) is 6.21. The number of carbonyl (C=O) groups is 1. The minimum Gasteiger partial charge on any atom is -0.354 e. The van der Waals surface area contributed by atoms with Crippen molar-refractivity contribution in [2.24, 2.45) is 5.92 Å². The van der Waals surface area contributed by atoms with E-state index < -0.39 is 0 Å². The van der Waals surface area contributed by atoms with Crippen molar-refractivity contribution in [3.8, 4) is 0 Å². The van der Waals surface area contributed by atoms with Gasteiger partial charge >= 0.3 is 0 Å². The molecule has 0 radical (unpaired) electrons. The molecule has 4 rings (SSSR count). The van der Waals surface area contributed by atoms with E-state index in [0.717, 1.165) is 23.3 Å². The molecule has 3 atom stereocenters. The molecule has 1 aliphatic heterocycles. The number of hydrogen-bond acceptors (Lipinski definition) is 4. The van der Waals surface area contributed by atoms with Crippen molar-refractivity contribution in [3.63, 3.8) is 0 Å². The lowest BCUT2D eigenvalue weighted by Gasteiger charge is -2.16. The number of imidazole rings is 1. The Kier molecular flexibility index (Phi) is 3.56. The maximum atomic E-state index is 12.3. The Labute approximate surface area is 129 Å². The molecule has 2 aromatic rings. The smallest absolute Gasteiger partial charge is 0.238 e. The van der Waals surface area contributed by atoms with Gasteiger partial charge in [0.2, 0.25) is 5.91 Å². The first kappa shape index (κ1) is 13.7. The van der Waals surface area contributed by atoms with Crippen molar-refractivity contribution in [3.05, 3.63) is 30.1 Å². The number of para-hydroxylation sites is 2. The van der Waals surface area contributed by atoms with Crippen molar-refractivity contribution < 1.29 is 4.79 Å². The summed E-state index contributed by atoms with van der Waals surface area (Å²) in [6.07, 6.45) is 4.23. The molecule has 2 aliphatic rings. The van der Waals surface area contributed by atoms with Gasteiger partial charge in [0.15, 0.2) is 0 Å². The highest BCUT2D eigenvalue weighted by Crippen LogP contribution is 2.31. The van der Waals surface area contributed by atoms with Gasteiger partial charge in [-0.3, -0.25) is 10.2 Å². The molecule has 0 spiro atoms. The average molecular weight is 299 g/mol.